The monoisotopic (exact) mass is 531 g/mol. The maximum Gasteiger partial charge on any atom is 0.204 e. The minimum absolute atomic E-state index is 0.0746. The van der Waals surface area contributed by atoms with E-state index in [9.17, 15) is 0 Å². The maximum atomic E-state index is 7.15. The highest BCUT2D eigenvalue weighted by Gasteiger charge is 2.56. The Bertz CT molecular complexity index is 1620. The third-order valence-electron chi connectivity index (χ3n) is 9.53. The first-order valence-electron chi connectivity index (χ1n) is 14.9. The zero-order valence-corrected chi connectivity index (χ0v) is 25.2. The molecule has 0 fully saturated rings. The minimum atomic E-state index is -0.718. The summed E-state index contributed by atoms with van der Waals surface area (Å²) in [6.07, 6.45) is 5.61. The molecule has 0 N–H and O–H groups in total. The SMILES string of the molecule is CC1=CC(C)O[C@]2(CO1)c1c(C)cc(C)cc1C1C=C(CC(C)C)c3cc4c(cc3N12)C(C)(C)c1ccccc1-4. The molecule has 0 saturated carbocycles. The van der Waals surface area contributed by atoms with E-state index in [1.165, 1.54) is 61.3 Å². The normalized spacial score (nSPS) is 25.4. The number of nitrogens with zero attached hydrogens (tertiary/aromatic N) is 1. The largest absolute Gasteiger partial charge is 0.493 e. The lowest BCUT2D eigenvalue weighted by molar-refractivity contribution is -0.0975. The van der Waals surface area contributed by atoms with Crippen molar-refractivity contribution in [3.05, 3.63) is 105 Å². The Hall–Kier alpha value is -3.30. The fraction of sp³-hybridized carbons (Fsp3) is 0.405. The first-order valence-corrected chi connectivity index (χ1v) is 14.9. The molecular formula is C37H41NO2. The molecule has 1 spiro atoms. The van der Waals surface area contributed by atoms with Gasteiger partial charge in [-0.25, -0.2) is 0 Å². The molecular weight excluding hydrogens is 490 g/mol. The van der Waals surface area contributed by atoms with Gasteiger partial charge in [-0.3, -0.25) is 0 Å². The molecule has 7 rings (SSSR count). The van der Waals surface area contributed by atoms with E-state index >= 15 is 0 Å². The van der Waals surface area contributed by atoms with Gasteiger partial charge in [0.15, 0.2) is 0 Å². The molecule has 0 radical (unpaired) electrons. The molecule has 2 unspecified atom stereocenters. The zero-order valence-electron chi connectivity index (χ0n) is 25.2. The van der Waals surface area contributed by atoms with Crippen LogP contribution in [0, 0.1) is 19.8 Å². The van der Waals surface area contributed by atoms with E-state index in [1.54, 1.807) is 0 Å². The Morgan fingerprint density at radius 2 is 1.70 bits per heavy atom. The van der Waals surface area contributed by atoms with E-state index in [0.717, 1.165) is 12.2 Å². The molecule has 0 amide bonds. The number of anilines is 1. The van der Waals surface area contributed by atoms with Crippen molar-refractivity contribution in [2.75, 3.05) is 11.5 Å². The van der Waals surface area contributed by atoms with Gasteiger partial charge in [-0.05, 0) is 97.2 Å². The van der Waals surface area contributed by atoms with Gasteiger partial charge in [0.25, 0.3) is 0 Å². The molecule has 3 aromatic rings. The van der Waals surface area contributed by atoms with Crippen molar-refractivity contribution in [2.24, 2.45) is 5.92 Å². The summed E-state index contributed by atoms with van der Waals surface area (Å²) in [5.41, 5.74) is 14.0. The third-order valence-corrected chi connectivity index (χ3v) is 9.53. The summed E-state index contributed by atoms with van der Waals surface area (Å²) < 4.78 is 13.6. The van der Waals surface area contributed by atoms with Crippen LogP contribution in [0.1, 0.15) is 92.9 Å². The number of benzene rings is 3. The highest BCUT2D eigenvalue weighted by molar-refractivity contribution is 5.91. The van der Waals surface area contributed by atoms with E-state index < -0.39 is 5.72 Å². The predicted molar refractivity (Wildman–Crippen MR) is 165 cm³/mol. The van der Waals surface area contributed by atoms with Crippen LogP contribution in [0.3, 0.4) is 0 Å². The second-order valence-electron chi connectivity index (χ2n) is 13.4. The second kappa shape index (κ2) is 8.60. The van der Waals surface area contributed by atoms with E-state index in [-0.39, 0.29) is 17.6 Å². The molecule has 0 bridgehead atoms. The van der Waals surface area contributed by atoms with Crippen LogP contribution in [0.5, 0.6) is 0 Å². The number of ether oxygens (including phenoxy) is 2. The molecule has 1 aliphatic carbocycles. The second-order valence-corrected chi connectivity index (χ2v) is 13.4. The number of fused-ring (bicyclic) bond motifs is 10. The van der Waals surface area contributed by atoms with Crippen LogP contribution in [0.25, 0.3) is 16.7 Å². The molecule has 3 heteroatoms. The quantitative estimate of drug-likeness (QED) is 0.329. The summed E-state index contributed by atoms with van der Waals surface area (Å²) in [6.45, 7) is 18.5. The van der Waals surface area contributed by atoms with Gasteiger partial charge in [0, 0.05) is 22.2 Å². The molecule has 40 heavy (non-hydrogen) atoms. The number of hydrogen-bond donors (Lipinski definition) is 0. The smallest absolute Gasteiger partial charge is 0.204 e. The molecule has 3 nitrogen and oxygen atoms in total. The standard InChI is InChI=1S/C37H41NO2/c1-21(2)13-26-17-33-30-15-22(3)14-23(4)35(30)37(20-39-24(5)16-25(6)40-37)38(33)34-19-32-29(18-28(26)34)27-11-9-10-12-31(27)36(32,7)8/h9-12,14-19,21,25,33H,13,20H2,1-8H3/t25?,33?,37-/m1/s1. The van der Waals surface area contributed by atoms with Crippen LogP contribution in [0.15, 0.2) is 66.4 Å². The van der Waals surface area contributed by atoms with E-state index in [4.69, 9.17) is 9.47 Å². The van der Waals surface area contributed by atoms with Gasteiger partial charge in [0.2, 0.25) is 5.72 Å². The van der Waals surface area contributed by atoms with E-state index in [1.807, 2.05) is 6.92 Å². The molecule has 0 saturated heterocycles. The van der Waals surface area contributed by atoms with Crippen molar-refractivity contribution < 1.29 is 9.47 Å². The Morgan fingerprint density at radius 3 is 2.48 bits per heavy atom. The number of aryl methyl sites for hydroxylation is 2. The van der Waals surface area contributed by atoms with Gasteiger partial charge in [-0.2, -0.15) is 0 Å². The van der Waals surface area contributed by atoms with Gasteiger partial charge in [-0.1, -0.05) is 75.7 Å². The fourth-order valence-electron chi connectivity index (χ4n) is 8.07. The molecule has 3 atom stereocenters. The average molecular weight is 532 g/mol. The minimum Gasteiger partial charge on any atom is -0.493 e. The van der Waals surface area contributed by atoms with Crippen LogP contribution >= 0.6 is 0 Å². The summed E-state index contributed by atoms with van der Waals surface area (Å²) in [5, 5.41) is 0. The molecule has 0 aromatic heterocycles. The van der Waals surface area contributed by atoms with Crippen LogP contribution < -0.4 is 4.90 Å². The average Bonchev–Trinajstić information content (AvgIpc) is 3.20. The maximum absolute atomic E-state index is 7.15. The van der Waals surface area contributed by atoms with Crippen LogP contribution in [-0.2, 0) is 20.6 Å². The molecule has 4 aliphatic rings. The molecule has 3 aromatic carbocycles. The highest BCUT2D eigenvalue weighted by atomic mass is 16.6. The Labute approximate surface area is 239 Å². The lowest BCUT2D eigenvalue weighted by Crippen LogP contribution is -2.50. The lowest BCUT2D eigenvalue weighted by Gasteiger charge is -2.45. The summed E-state index contributed by atoms with van der Waals surface area (Å²) in [4.78, 5) is 2.57. The van der Waals surface area contributed by atoms with Crippen molar-refractivity contribution >= 4 is 11.3 Å². The first-order chi connectivity index (χ1) is 19.0. The van der Waals surface area contributed by atoms with Crippen molar-refractivity contribution in [3.8, 4) is 11.1 Å². The number of allylic oxidation sites excluding steroid dienone is 2. The van der Waals surface area contributed by atoms with Crippen molar-refractivity contribution in [1.82, 2.24) is 0 Å². The topological polar surface area (TPSA) is 21.7 Å². The van der Waals surface area contributed by atoms with Gasteiger partial charge in [-0.15, -0.1) is 0 Å². The molecule has 3 aliphatic heterocycles. The molecule has 3 heterocycles. The summed E-state index contributed by atoms with van der Waals surface area (Å²) in [6, 6.07) is 18.7. The zero-order chi connectivity index (χ0) is 28.1. The van der Waals surface area contributed by atoms with Crippen molar-refractivity contribution in [3.63, 3.8) is 0 Å². The predicted octanol–water partition coefficient (Wildman–Crippen LogP) is 9.11. The van der Waals surface area contributed by atoms with Gasteiger partial charge in [0.1, 0.15) is 6.61 Å². The third kappa shape index (κ3) is 3.46. The first kappa shape index (κ1) is 25.7. The molecule has 206 valence electrons. The van der Waals surface area contributed by atoms with E-state index in [2.05, 4.69) is 114 Å². The lowest BCUT2D eigenvalue weighted by atomic mass is 9.80. The Kier molecular flexibility index (Phi) is 5.52. The highest BCUT2D eigenvalue weighted by Crippen LogP contribution is 2.60. The summed E-state index contributed by atoms with van der Waals surface area (Å²) in [5.74, 6) is 1.49. The Morgan fingerprint density at radius 1 is 0.925 bits per heavy atom. The van der Waals surface area contributed by atoms with Crippen molar-refractivity contribution in [2.45, 2.75) is 85.1 Å². The van der Waals surface area contributed by atoms with Gasteiger partial charge in [0.05, 0.1) is 17.9 Å². The summed E-state index contributed by atoms with van der Waals surface area (Å²) in [7, 11) is 0. The van der Waals surface area contributed by atoms with Crippen molar-refractivity contribution in [1.29, 1.82) is 0 Å². The Balaban J connectivity index is 1.54. The van der Waals surface area contributed by atoms with Gasteiger partial charge < -0.3 is 14.4 Å². The van der Waals surface area contributed by atoms with Crippen LogP contribution in [0.4, 0.5) is 5.69 Å². The van der Waals surface area contributed by atoms with E-state index in [0.29, 0.717) is 12.5 Å². The fourth-order valence-corrected chi connectivity index (χ4v) is 8.07. The number of rotatable bonds is 2. The van der Waals surface area contributed by atoms with Gasteiger partial charge >= 0.3 is 0 Å². The summed E-state index contributed by atoms with van der Waals surface area (Å²) >= 11 is 0. The van der Waals surface area contributed by atoms with Crippen LogP contribution in [0.2, 0.25) is 0 Å². The van der Waals surface area contributed by atoms with Crippen LogP contribution in [-0.4, -0.2) is 12.7 Å². The number of hydrogen-bond acceptors (Lipinski definition) is 3.